The van der Waals surface area contributed by atoms with Gasteiger partial charge in [-0.05, 0) is 46.5 Å². The lowest BCUT2D eigenvalue weighted by molar-refractivity contribution is -0.153. The maximum absolute atomic E-state index is 12.4. The number of hydrogen-bond donors (Lipinski definition) is 2. The summed E-state index contributed by atoms with van der Waals surface area (Å²) in [7, 11) is 5.64. The molecule has 8 heteroatoms. The Morgan fingerprint density at radius 1 is 1.19 bits per heavy atom. The van der Waals surface area contributed by atoms with Crippen LogP contribution in [0.3, 0.4) is 0 Å². The van der Waals surface area contributed by atoms with Gasteiger partial charge in [-0.3, -0.25) is 4.99 Å². The van der Waals surface area contributed by atoms with Crippen molar-refractivity contribution in [3.8, 4) is 5.75 Å². The number of hydrogen-bond acceptors (Lipinski definition) is 3. The minimum Gasteiger partial charge on any atom is -0.484 e. The molecule has 1 aromatic rings. The largest absolute Gasteiger partial charge is 0.484 e. The summed E-state index contributed by atoms with van der Waals surface area (Å²) < 4.78 is 42.3. The molecule has 1 rings (SSSR count). The fraction of sp³-hybridized carbons (Fsp3) is 0.611. The van der Waals surface area contributed by atoms with E-state index < -0.39 is 12.8 Å². The van der Waals surface area contributed by atoms with Crippen molar-refractivity contribution in [3.63, 3.8) is 0 Å². The molecule has 0 heterocycles. The molecule has 0 saturated heterocycles. The van der Waals surface area contributed by atoms with E-state index in [2.05, 4.69) is 34.4 Å². The van der Waals surface area contributed by atoms with Gasteiger partial charge >= 0.3 is 6.18 Å². The summed E-state index contributed by atoms with van der Waals surface area (Å²) in [6, 6.07) is 5.20. The normalized spacial score (nSPS) is 13.1. The maximum Gasteiger partial charge on any atom is 0.422 e. The molecule has 0 spiro atoms. The summed E-state index contributed by atoms with van der Waals surface area (Å²) in [4.78, 5) is 6.25. The van der Waals surface area contributed by atoms with Crippen molar-refractivity contribution in [1.29, 1.82) is 0 Å². The Kier molecular flexibility index (Phi) is 7.74. The van der Waals surface area contributed by atoms with Crippen LogP contribution in [-0.4, -0.2) is 56.9 Å². The van der Waals surface area contributed by atoms with Crippen molar-refractivity contribution < 1.29 is 17.9 Å². The first-order valence-corrected chi connectivity index (χ1v) is 8.35. The van der Waals surface area contributed by atoms with E-state index in [4.69, 9.17) is 4.74 Å². The number of benzene rings is 1. The summed E-state index contributed by atoms with van der Waals surface area (Å²) in [5.74, 6) is 0.793. The molecule has 148 valence electrons. The van der Waals surface area contributed by atoms with E-state index in [0.717, 1.165) is 5.56 Å². The Bertz CT molecular complexity index is 613. The van der Waals surface area contributed by atoms with Crippen molar-refractivity contribution in [3.05, 3.63) is 29.3 Å². The highest BCUT2D eigenvalue weighted by molar-refractivity contribution is 5.79. The van der Waals surface area contributed by atoms with Crippen molar-refractivity contribution in [2.24, 2.45) is 4.99 Å². The summed E-state index contributed by atoms with van der Waals surface area (Å²) in [6.45, 7) is 5.64. The molecule has 0 bridgehead atoms. The topological polar surface area (TPSA) is 48.9 Å². The zero-order valence-electron chi connectivity index (χ0n) is 16.3. The van der Waals surface area contributed by atoms with Gasteiger partial charge in [0.2, 0.25) is 0 Å². The van der Waals surface area contributed by atoms with Gasteiger partial charge in [-0.2, -0.15) is 13.2 Å². The molecule has 0 radical (unpaired) electrons. The molecule has 0 aliphatic carbocycles. The number of rotatable bonds is 7. The van der Waals surface area contributed by atoms with Crippen LogP contribution in [0.1, 0.15) is 25.0 Å². The van der Waals surface area contributed by atoms with Crippen LogP contribution in [0.4, 0.5) is 13.2 Å². The minimum atomic E-state index is -4.37. The number of ether oxygens (including phenoxy) is 1. The Hall–Kier alpha value is -1.96. The predicted octanol–water partition coefficient (Wildman–Crippen LogP) is 2.94. The zero-order valence-corrected chi connectivity index (χ0v) is 16.3. The molecular formula is C18H29F3N4O. The van der Waals surface area contributed by atoms with Crippen molar-refractivity contribution in [1.82, 2.24) is 15.5 Å². The minimum absolute atomic E-state index is 0.0809. The lowest BCUT2D eigenvalue weighted by atomic mass is 10.0. The molecule has 0 aromatic heterocycles. The van der Waals surface area contributed by atoms with E-state index in [1.165, 1.54) is 0 Å². The van der Waals surface area contributed by atoms with E-state index in [-0.39, 0.29) is 11.3 Å². The van der Waals surface area contributed by atoms with Gasteiger partial charge in [0.25, 0.3) is 0 Å². The molecule has 0 aliphatic heterocycles. The number of likely N-dealkylation sites (N-methyl/N-ethyl adjacent to an activating group) is 1. The Balaban J connectivity index is 2.73. The highest BCUT2D eigenvalue weighted by atomic mass is 19.4. The molecule has 2 N–H and O–H groups in total. The molecular weight excluding hydrogens is 345 g/mol. The molecule has 26 heavy (non-hydrogen) atoms. The molecule has 0 unspecified atom stereocenters. The second-order valence-corrected chi connectivity index (χ2v) is 7.00. The number of halogens is 3. The third-order valence-electron chi connectivity index (χ3n) is 4.18. The third kappa shape index (κ3) is 7.51. The first-order valence-electron chi connectivity index (χ1n) is 8.35. The zero-order chi connectivity index (χ0) is 20.0. The average Bonchev–Trinajstić information content (AvgIpc) is 2.53. The van der Waals surface area contributed by atoms with Gasteiger partial charge in [-0.1, -0.05) is 12.1 Å². The van der Waals surface area contributed by atoms with Gasteiger partial charge in [0.15, 0.2) is 12.6 Å². The molecule has 0 amide bonds. The lowest BCUT2D eigenvalue weighted by Crippen LogP contribution is -2.50. The number of nitrogens with one attached hydrogen (secondary N) is 2. The SMILES string of the molecule is CN=C(NCc1ccc(C)cc1OCC(F)(F)F)NCC(C)(C)N(C)C. The van der Waals surface area contributed by atoms with Crippen LogP contribution >= 0.6 is 0 Å². The van der Waals surface area contributed by atoms with Gasteiger partial charge in [-0.25, -0.2) is 0 Å². The summed E-state index contributed by atoms with van der Waals surface area (Å²) in [6.07, 6.45) is -4.37. The molecule has 1 aromatic carbocycles. The standard InChI is InChI=1S/C18H29F3N4O/c1-13-7-8-14(15(9-13)26-12-18(19,20)21)10-23-16(22-4)24-11-17(2,3)25(5)6/h7-9H,10-12H2,1-6H3,(H2,22,23,24). The maximum atomic E-state index is 12.4. The van der Waals surface area contributed by atoms with Crippen molar-refractivity contribution >= 4 is 5.96 Å². The van der Waals surface area contributed by atoms with Gasteiger partial charge in [-0.15, -0.1) is 0 Å². The van der Waals surface area contributed by atoms with Crippen LogP contribution in [0, 0.1) is 6.92 Å². The molecule has 0 saturated carbocycles. The second kappa shape index (κ2) is 9.12. The van der Waals surface area contributed by atoms with E-state index >= 15 is 0 Å². The van der Waals surface area contributed by atoms with Crippen molar-refractivity contribution in [2.75, 3.05) is 34.3 Å². The van der Waals surface area contributed by atoms with E-state index in [0.29, 0.717) is 24.6 Å². The third-order valence-corrected chi connectivity index (χ3v) is 4.18. The quantitative estimate of drug-likeness (QED) is 0.569. The Labute approximate surface area is 153 Å². The first kappa shape index (κ1) is 22.1. The van der Waals surface area contributed by atoms with Crippen LogP contribution in [0.2, 0.25) is 0 Å². The monoisotopic (exact) mass is 374 g/mol. The summed E-state index contributed by atoms with van der Waals surface area (Å²) >= 11 is 0. The molecule has 0 aliphatic rings. The number of guanidine groups is 1. The van der Waals surface area contributed by atoms with Crippen LogP contribution in [0.25, 0.3) is 0 Å². The van der Waals surface area contributed by atoms with Crippen molar-refractivity contribution in [2.45, 2.75) is 39.0 Å². The lowest BCUT2D eigenvalue weighted by Gasteiger charge is -2.33. The highest BCUT2D eigenvalue weighted by Gasteiger charge is 2.28. The van der Waals surface area contributed by atoms with Crippen LogP contribution in [0.5, 0.6) is 5.75 Å². The van der Waals surface area contributed by atoms with Gasteiger partial charge < -0.3 is 20.3 Å². The molecule has 0 fully saturated rings. The average molecular weight is 374 g/mol. The number of aryl methyl sites for hydroxylation is 1. The Morgan fingerprint density at radius 3 is 2.38 bits per heavy atom. The summed E-state index contributed by atoms with van der Waals surface area (Å²) in [5.41, 5.74) is 1.39. The summed E-state index contributed by atoms with van der Waals surface area (Å²) in [5, 5.41) is 6.34. The van der Waals surface area contributed by atoms with E-state index in [9.17, 15) is 13.2 Å². The van der Waals surface area contributed by atoms with Crippen LogP contribution in [-0.2, 0) is 6.54 Å². The first-order chi connectivity index (χ1) is 11.9. The predicted molar refractivity (Wildman–Crippen MR) is 98.7 cm³/mol. The molecule has 0 atom stereocenters. The highest BCUT2D eigenvalue weighted by Crippen LogP contribution is 2.23. The van der Waals surface area contributed by atoms with E-state index in [1.54, 1.807) is 19.2 Å². The van der Waals surface area contributed by atoms with Gasteiger partial charge in [0.05, 0.1) is 0 Å². The van der Waals surface area contributed by atoms with Crippen LogP contribution in [0.15, 0.2) is 23.2 Å². The van der Waals surface area contributed by atoms with Gasteiger partial charge in [0.1, 0.15) is 5.75 Å². The fourth-order valence-electron chi connectivity index (χ4n) is 1.96. The van der Waals surface area contributed by atoms with E-state index in [1.807, 2.05) is 27.1 Å². The second-order valence-electron chi connectivity index (χ2n) is 7.00. The van der Waals surface area contributed by atoms with Crippen LogP contribution < -0.4 is 15.4 Å². The Morgan fingerprint density at radius 2 is 1.85 bits per heavy atom. The molecule has 5 nitrogen and oxygen atoms in total. The fourth-order valence-corrected chi connectivity index (χ4v) is 1.96. The number of alkyl halides is 3. The van der Waals surface area contributed by atoms with Gasteiger partial charge in [0, 0.05) is 31.2 Å². The number of nitrogens with zero attached hydrogens (tertiary/aromatic N) is 2. The smallest absolute Gasteiger partial charge is 0.422 e. The number of aliphatic imine (C=N–C) groups is 1.